The molecule has 0 aliphatic carbocycles. The Morgan fingerprint density at radius 3 is 3.00 bits per heavy atom. The van der Waals surface area contributed by atoms with Gasteiger partial charge in [-0.3, -0.25) is 4.98 Å². The molecule has 0 radical (unpaired) electrons. The van der Waals surface area contributed by atoms with Crippen LogP contribution in [0.2, 0.25) is 0 Å². The Labute approximate surface area is 164 Å². The normalized spacial score (nSPS) is 15.2. The summed E-state index contributed by atoms with van der Waals surface area (Å²) in [7, 11) is 0. The van der Waals surface area contributed by atoms with Crippen molar-refractivity contribution >= 4 is 33.4 Å². The molecule has 0 amide bonds. The summed E-state index contributed by atoms with van der Waals surface area (Å²) < 4.78 is 7.15. The lowest BCUT2D eigenvalue weighted by molar-refractivity contribution is 0.225. The van der Waals surface area contributed by atoms with E-state index >= 15 is 0 Å². The first kappa shape index (κ1) is 17.2. The number of benzene rings is 1. The average molecular weight is 430 g/mol. The number of halogens is 1. The first-order chi connectivity index (χ1) is 12.7. The molecule has 1 aromatic carbocycles. The lowest BCUT2D eigenvalue weighted by atomic mass is 10.1. The molecule has 6 nitrogen and oxygen atoms in total. The van der Waals surface area contributed by atoms with Gasteiger partial charge in [0, 0.05) is 39.4 Å². The number of aromatic nitrogens is 4. The molecule has 1 aliphatic heterocycles. The maximum Gasteiger partial charge on any atom is 0.247 e. The highest BCUT2D eigenvalue weighted by molar-refractivity contribution is 9.10. The van der Waals surface area contributed by atoms with Crippen molar-refractivity contribution in [3.63, 3.8) is 0 Å². The van der Waals surface area contributed by atoms with E-state index in [2.05, 4.69) is 48.3 Å². The third-order valence-corrected chi connectivity index (χ3v) is 5.35. The van der Waals surface area contributed by atoms with Crippen LogP contribution in [-0.4, -0.2) is 25.9 Å². The molecule has 0 saturated heterocycles. The van der Waals surface area contributed by atoms with Crippen molar-refractivity contribution in [1.82, 2.24) is 20.2 Å². The Balaban J connectivity index is 1.81. The second-order valence-electron chi connectivity index (χ2n) is 5.72. The van der Waals surface area contributed by atoms with Crippen LogP contribution in [-0.2, 0) is 0 Å². The molecule has 26 heavy (non-hydrogen) atoms. The van der Waals surface area contributed by atoms with Gasteiger partial charge in [0.2, 0.25) is 11.0 Å². The predicted molar refractivity (Wildman–Crippen MR) is 105 cm³/mol. The molecule has 8 heteroatoms. The number of hydrogen-bond donors (Lipinski definition) is 1. The Morgan fingerprint density at radius 2 is 2.19 bits per heavy atom. The summed E-state index contributed by atoms with van der Waals surface area (Å²) in [6.45, 7) is 2.12. The molecular formula is C18H16BrN5OS. The lowest BCUT2D eigenvalue weighted by Crippen LogP contribution is -2.17. The van der Waals surface area contributed by atoms with Gasteiger partial charge >= 0.3 is 0 Å². The maximum absolute atomic E-state index is 6.19. The van der Waals surface area contributed by atoms with Gasteiger partial charge in [-0.2, -0.15) is 4.98 Å². The van der Waals surface area contributed by atoms with E-state index in [4.69, 9.17) is 4.74 Å². The summed E-state index contributed by atoms with van der Waals surface area (Å²) in [5.41, 5.74) is 3.34. The van der Waals surface area contributed by atoms with Crippen molar-refractivity contribution < 1.29 is 4.74 Å². The molecule has 1 unspecified atom stereocenters. The monoisotopic (exact) mass is 429 g/mol. The van der Waals surface area contributed by atoms with Gasteiger partial charge in [-0.15, -0.1) is 10.2 Å². The van der Waals surface area contributed by atoms with Gasteiger partial charge in [0.1, 0.15) is 0 Å². The molecule has 0 saturated carbocycles. The zero-order valence-corrected chi connectivity index (χ0v) is 16.4. The van der Waals surface area contributed by atoms with Crippen LogP contribution < -0.4 is 10.1 Å². The molecule has 4 rings (SSSR count). The van der Waals surface area contributed by atoms with Gasteiger partial charge in [0.05, 0.1) is 0 Å². The van der Waals surface area contributed by atoms with Crippen molar-refractivity contribution in [3.05, 3.63) is 52.8 Å². The molecule has 0 spiro atoms. The van der Waals surface area contributed by atoms with Crippen LogP contribution in [0.5, 0.6) is 5.88 Å². The van der Waals surface area contributed by atoms with Crippen molar-refractivity contribution in [2.24, 2.45) is 0 Å². The number of fused-ring (bicyclic) bond motifs is 3. The summed E-state index contributed by atoms with van der Waals surface area (Å²) >= 11 is 5.10. The number of anilines is 1. The number of pyridine rings is 1. The van der Waals surface area contributed by atoms with E-state index in [-0.39, 0.29) is 0 Å². The maximum atomic E-state index is 6.19. The van der Waals surface area contributed by atoms with Crippen molar-refractivity contribution in [2.75, 3.05) is 11.1 Å². The summed E-state index contributed by atoms with van der Waals surface area (Å²) in [6, 6.07) is 9.81. The van der Waals surface area contributed by atoms with E-state index in [0.29, 0.717) is 16.7 Å². The molecule has 0 fully saturated rings. The van der Waals surface area contributed by atoms with Crippen LogP contribution >= 0.6 is 27.7 Å². The summed E-state index contributed by atoms with van der Waals surface area (Å²) in [5, 5.41) is 12.7. The molecule has 1 atom stereocenters. The number of nitrogens with zero attached hydrogens (tertiary/aromatic N) is 4. The standard InChI is InChI=1S/C18H16BrN5OS/c1-2-8-26-18-22-17-15(23-24-18)13-9-12(19)5-6-14(13)21-16(25-17)11-4-3-7-20-10-11/h3-7,9-10,16,21H,2,8H2,1H3. The van der Waals surface area contributed by atoms with Crippen LogP contribution in [0, 0.1) is 0 Å². The SMILES string of the molecule is CCCSc1nnc2c(n1)OC(c1cccnc1)Nc1ccc(Br)cc1-2. The Hall–Kier alpha value is -2.19. The minimum atomic E-state index is -0.411. The second kappa shape index (κ2) is 7.59. The van der Waals surface area contributed by atoms with Crippen LogP contribution in [0.4, 0.5) is 5.69 Å². The first-order valence-electron chi connectivity index (χ1n) is 8.25. The van der Waals surface area contributed by atoms with Crippen molar-refractivity contribution in [3.8, 4) is 17.1 Å². The molecule has 132 valence electrons. The highest BCUT2D eigenvalue weighted by atomic mass is 79.9. The molecule has 3 aromatic rings. The number of ether oxygens (including phenoxy) is 1. The summed E-state index contributed by atoms with van der Waals surface area (Å²) in [6.07, 6.45) is 4.15. The fourth-order valence-electron chi connectivity index (χ4n) is 2.61. The van der Waals surface area contributed by atoms with Crippen LogP contribution in [0.25, 0.3) is 11.3 Å². The number of nitrogens with one attached hydrogen (secondary N) is 1. The Bertz CT molecular complexity index is 925. The summed E-state index contributed by atoms with van der Waals surface area (Å²) in [5.74, 6) is 1.41. The Kier molecular flexibility index (Phi) is 5.03. The topological polar surface area (TPSA) is 72.8 Å². The zero-order chi connectivity index (χ0) is 17.9. The molecular weight excluding hydrogens is 414 g/mol. The molecule has 1 N–H and O–H groups in total. The first-order valence-corrected chi connectivity index (χ1v) is 10.0. The third kappa shape index (κ3) is 3.52. The second-order valence-corrected chi connectivity index (χ2v) is 7.69. The van der Waals surface area contributed by atoms with E-state index in [1.807, 2.05) is 30.3 Å². The minimum Gasteiger partial charge on any atom is -0.448 e. The molecule has 2 aromatic heterocycles. The van der Waals surface area contributed by atoms with Gasteiger partial charge in [-0.05, 0) is 30.7 Å². The van der Waals surface area contributed by atoms with Gasteiger partial charge in [-0.25, -0.2) is 0 Å². The molecule has 3 heterocycles. The quantitative estimate of drug-likeness (QED) is 0.602. The Morgan fingerprint density at radius 1 is 1.27 bits per heavy atom. The van der Waals surface area contributed by atoms with Crippen LogP contribution in [0.15, 0.2) is 52.4 Å². The van der Waals surface area contributed by atoms with Crippen LogP contribution in [0.1, 0.15) is 25.1 Å². The predicted octanol–water partition coefficient (Wildman–Crippen LogP) is 4.70. The average Bonchev–Trinajstić information content (AvgIpc) is 2.83. The van der Waals surface area contributed by atoms with Gasteiger partial charge < -0.3 is 10.1 Å². The van der Waals surface area contributed by atoms with Crippen molar-refractivity contribution in [1.29, 1.82) is 0 Å². The van der Waals surface area contributed by atoms with E-state index in [9.17, 15) is 0 Å². The smallest absolute Gasteiger partial charge is 0.247 e. The van der Waals surface area contributed by atoms with E-state index in [0.717, 1.165) is 33.5 Å². The third-order valence-electron chi connectivity index (χ3n) is 3.81. The van der Waals surface area contributed by atoms with Crippen molar-refractivity contribution in [2.45, 2.75) is 24.7 Å². The van der Waals surface area contributed by atoms with Crippen LogP contribution in [0.3, 0.4) is 0 Å². The van der Waals surface area contributed by atoms with E-state index < -0.39 is 6.23 Å². The highest BCUT2D eigenvalue weighted by Crippen LogP contribution is 2.40. The largest absolute Gasteiger partial charge is 0.448 e. The zero-order valence-electron chi connectivity index (χ0n) is 14.0. The summed E-state index contributed by atoms with van der Waals surface area (Å²) in [4.78, 5) is 8.80. The number of hydrogen-bond acceptors (Lipinski definition) is 7. The fourth-order valence-corrected chi connectivity index (χ4v) is 3.60. The number of rotatable bonds is 4. The fraction of sp³-hybridized carbons (Fsp3) is 0.222. The lowest BCUT2D eigenvalue weighted by Gasteiger charge is -2.18. The van der Waals surface area contributed by atoms with Gasteiger partial charge in [0.25, 0.3) is 0 Å². The highest BCUT2D eigenvalue weighted by Gasteiger charge is 2.26. The number of thioether (sulfide) groups is 1. The molecule has 1 aliphatic rings. The van der Waals surface area contributed by atoms with Gasteiger partial charge in [-0.1, -0.05) is 40.7 Å². The van der Waals surface area contributed by atoms with Gasteiger partial charge in [0.15, 0.2) is 11.9 Å². The molecule has 0 bridgehead atoms. The van der Waals surface area contributed by atoms with E-state index in [1.165, 1.54) is 0 Å². The van der Waals surface area contributed by atoms with E-state index in [1.54, 1.807) is 24.2 Å². The minimum absolute atomic E-state index is 0.411.